The molecule has 0 spiro atoms. The number of carbonyl (C=O) groups excluding carboxylic acids is 1. The first-order chi connectivity index (χ1) is 9.38. The highest BCUT2D eigenvalue weighted by molar-refractivity contribution is 5.94. The Morgan fingerprint density at radius 2 is 1.85 bits per heavy atom. The maximum atomic E-state index is 12.0. The van der Waals surface area contributed by atoms with Crippen molar-refractivity contribution in [2.45, 2.75) is 32.4 Å². The molecule has 1 atom stereocenters. The van der Waals surface area contributed by atoms with E-state index in [0.29, 0.717) is 12.0 Å². The second kappa shape index (κ2) is 7.65. The van der Waals surface area contributed by atoms with Crippen LogP contribution in [0, 0.1) is 0 Å². The number of hydrogen-bond donors (Lipinski definition) is 2. The molecule has 0 saturated heterocycles. The lowest BCUT2D eigenvalue weighted by Gasteiger charge is -2.13. The maximum Gasteiger partial charge on any atom is 0.303 e. The van der Waals surface area contributed by atoms with Crippen LogP contribution in [0.25, 0.3) is 0 Å². The van der Waals surface area contributed by atoms with Gasteiger partial charge in [-0.2, -0.15) is 0 Å². The molecular formula is C15H22N2O3. The summed E-state index contributed by atoms with van der Waals surface area (Å²) in [4.78, 5) is 24.5. The summed E-state index contributed by atoms with van der Waals surface area (Å²) < 4.78 is 0. The summed E-state index contributed by atoms with van der Waals surface area (Å²) in [6.07, 6.45) is 0.489. The van der Waals surface area contributed by atoms with Crippen molar-refractivity contribution in [3.05, 3.63) is 35.4 Å². The van der Waals surface area contributed by atoms with Gasteiger partial charge in [0.15, 0.2) is 0 Å². The molecule has 0 fully saturated rings. The van der Waals surface area contributed by atoms with Gasteiger partial charge >= 0.3 is 5.97 Å². The maximum absolute atomic E-state index is 12.0. The minimum absolute atomic E-state index is 0.0587. The smallest absolute Gasteiger partial charge is 0.303 e. The third kappa shape index (κ3) is 5.84. The summed E-state index contributed by atoms with van der Waals surface area (Å²) in [5.41, 5.74) is 1.74. The van der Waals surface area contributed by atoms with Gasteiger partial charge in [0, 0.05) is 24.6 Å². The molecule has 0 aliphatic heterocycles. The summed E-state index contributed by atoms with van der Waals surface area (Å²) in [5, 5.41) is 11.4. The first kappa shape index (κ1) is 16.2. The van der Waals surface area contributed by atoms with E-state index in [4.69, 9.17) is 5.11 Å². The molecule has 1 aromatic rings. The number of aliphatic carboxylic acids is 1. The van der Waals surface area contributed by atoms with Gasteiger partial charge in [0.05, 0.1) is 0 Å². The number of nitrogens with zero attached hydrogens (tertiary/aromatic N) is 1. The summed E-state index contributed by atoms with van der Waals surface area (Å²) >= 11 is 0. The second-order valence-corrected chi connectivity index (χ2v) is 5.24. The molecule has 0 aliphatic rings. The molecule has 2 N–H and O–H groups in total. The Bertz CT molecular complexity index is 455. The Hall–Kier alpha value is -1.88. The Morgan fingerprint density at radius 3 is 2.35 bits per heavy atom. The predicted octanol–water partition coefficient (Wildman–Crippen LogP) is 1.73. The normalized spacial score (nSPS) is 12.2. The fraction of sp³-hybridized carbons (Fsp3) is 0.467. The van der Waals surface area contributed by atoms with E-state index in [2.05, 4.69) is 10.2 Å². The average molecular weight is 278 g/mol. The van der Waals surface area contributed by atoms with Crippen molar-refractivity contribution in [2.24, 2.45) is 0 Å². The molecule has 1 unspecified atom stereocenters. The van der Waals surface area contributed by atoms with Gasteiger partial charge in [0.1, 0.15) is 0 Å². The van der Waals surface area contributed by atoms with E-state index in [1.54, 1.807) is 19.1 Å². The molecule has 0 saturated carbocycles. The number of carbonyl (C=O) groups is 2. The first-order valence-corrected chi connectivity index (χ1v) is 6.65. The van der Waals surface area contributed by atoms with E-state index in [1.807, 2.05) is 26.2 Å². The third-order valence-corrected chi connectivity index (χ3v) is 2.88. The van der Waals surface area contributed by atoms with Crippen LogP contribution >= 0.6 is 0 Å². The van der Waals surface area contributed by atoms with E-state index in [-0.39, 0.29) is 18.4 Å². The quantitative estimate of drug-likeness (QED) is 0.797. The molecule has 0 bridgehead atoms. The predicted molar refractivity (Wildman–Crippen MR) is 77.6 cm³/mol. The Kier molecular flexibility index (Phi) is 6.18. The SMILES string of the molecule is CC(CCC(=O)O)NC(=O)c1ccc(CN(C)C)cc1. The summed E-state index contributed by atoms with van der Waals surface area (Å²) in [5.74, 6) is -1.02. The second-order valence-electron chi connectivity index (χ2n) is 5.24. The van der Waals surface area contributed by atoms with Crippen molar-refractivity contribution >= 4 is 11.9 Å². The van der Waals surface area contributed by atoms with Crippen LogP contribution in [0.2, 0.25) is 0 Å². The zero-order valence-electron chi connectivity index (χ0n) is 12.2. The number of nitrogens with one attached hydrogen (secondary N) is 1. The summed E-state index contributed by atoms with van der Waals surface area (Å²) in [6.45, 7) is 2.64. The van der Waals surface area contributed by atoms with Gasteiger partial charge < -0.3 is 15.3 Å². The van der Waals surface area contributed by atoms with Gasteiger partial charge in [-0.1, -0.05) is 12.1 Å². The van der Waals surface area contributed by atoms with Gasteiger partial charge in [-0.25, -0.2) is 0 Å². The van der Waals surface area contributed by atoms with Crippen LogP contribution in [-0.4, -0.2) is 42.0 Å². The Balaban J connectivity index is 2.52. The Labute approximate surface area is 119 Å². The molecule has 20 heavy (non-hydrogen) atoms. The minimum atomic E-state index is -0.848. The number of benzene rings is 1. The van der Waals surface area contributed by atoms with Crippen LogP contribution < -0.4 is 5.32 Å². The Morgan fingerprint density at radius 1 is 1.25 bits per heavy atom. The van der Waals surface area contributed by atoms with E-state index < -0.39 is 5.97 Å². The summed E-state index contributed by atoms with van der Waals surface area (Å²) in [6, 6.07) is 7.28. The van der Waals surface area contributed by atoms with Gasteiger partial charge in [-0.05, 0) is 45.1 Å². The highest BCUT2D eigenvalue weighted by Crippen LogP contribution is 2.07. The number of carboxylic acids is 1. The lowest BCUT2D eigenvalue weighted by molar-refractivity contribution is -0.137. The summed E-state index contributed by atoms with van der Waals surface area (Å²) in [7, 11) is 3.98. The van der Waals surface area contributed by atoms with Gasteiger partial charge in [0.2, 0.25) is 0 Å². The zero-order chi connectivity index (χ0) is 15.1. The molecule has 1 amide bonds. The molecule has 5 nitrogen and oxygen atoms in total. The molecule has 0 aliphatic carbocycles. The highest BCUT2D eigenvalue weighted by Gasteiger charge is 2.11. The average Bonchev–Trinajstić information content (AvgIpc) is 2.36. The van der Waals surface area contributed by atoms with Crippen LogP contribution in [-0.2, 0) is 11.3 Å². The van der Waals surface area contributed by atoms with Crippen molar-refractivity contribution in [2.75, 3.05) is 14.1 Å². The number of carboxylic acid groups (broad SMARTS) is 1. The van der Waals surface area contributed by atoms with Crippen molar-refractivity contribution in [3.8, 4) is 0 Å². The molecule has 0 aromatic heterocycles. The largest absolute Gasteiger partial charge is 0.481 e. The first-order valence-electron chi connectivity index (χ1n) is 6.65. The molecule has 0 heterocycles. The van der Waals surface area contributed by atoms with Crippen LogP contribution in [0.4, 0.5) is 0 Å². The topological polar surface area (TPSA) is 69.6 Å². The van der Waals surface area contributed by atoms with Crippen LogP contribution in [0.5, 0.6) is 0 Å². The van der Waals surface area contributed by atoms with Gasteiger partial charge in [-0.3, -0.25) is 9.59 Å². The molecule has 0 radical (unpaired) electrons. The van der Waals surface area contributed by atoms with Crippen LogP contribution in [0.3, 0.4) is 0 Å². The molecule has 5 heteroatoms. The third-order valence-electron chi connectivity index (χ3n) is 2.88. The monoisotopic (exact) mass is 278 g/mol. The lowest BCUT2D eigenvalue weighted by Crippen LogP contribution is -2.32. The van der Waals surface area contributed by atoms with E-state index in [9.17, 15) is 9.59 Å². The fourth-order valence-electron chi connectivity index (χ4n) is 1.85. The van der Waals surface area contributed by atoms with Gasteiger partial charge in [-0.15, -0.1) is 0 Å². The standard InChI is InChI=1S/C15H22N2O3/c1-11(4-9-14(18)19)16-15(20)13-7-5-12(6-8-13)10-17(2)3/h5-8,11H,4,9-10H2,1-3H3,(H,16,20)(H,18,19). The fourth-order valence-corrected chi connectivity index (χ4v) is 1.85. The van der Waals surface area contributed by atoms with Crippen molar-refractivity contribution < 1.29 is 14.7 Å². The minimum Gasteiger partial charge on any atom is -0.481 e. The molecule has 1 rings (SSSR count). The van der Waals surface area contributed by atoms with E-state index >= 15 is 0 Å². The number of amides is 1. The molecule has 1 aromatic carbocycles. The van der Waals surface area contributed by atoms with Crippen molar-refractivity contribution in [1.82, 2.24) is 10.2 Å². The van der Waals surface area contributed by atoms with E-state index in [0.717, 1.165) is 12.1 Å². The highest BCUT2D eigenvalue weighted by atomic mass is 16.4. The molecular weight excluding hydrogens is 256 g/mol. The van der Waals surface area contributed by atoms with Gasteiger partial charge in [0.25, 0.3) is 5.91 Å². The lowest BCUT2D eigenvalue weighted by atomic mass is 10.1. The van der Waals surface area contributed by atoms with Crippen molar-refractivity contribution in [3.63, 3.8) is 0 Å². The van der Waals surface area contributed by atoms with Crippen LogP contribution in [0.15, 0.2) is 24.3 Å². The number of hydrogen-bond acceptors (Lipinski definition) is 3. The molecule has 110 valence electrons. The van der Waals surface area contributed by atoms with Crippen LogP contribution in [0.1, 0.15) is 35.7 Å². The van der Waals surface area contributed by atoms with E-state index in [1.165, 1.54) is 0 Å². The van der Waals surface area contributed by atoms with Crippen molar-refractivity contribution in [1.29, 1.82) is 0 Å². The number of rotatable bonds is 7. The zero-order valence-corrected chi connectivity index (χ0v) is 12.2.